The number of nitrogens with two attached hydrogens (primary N) is 1. The summed E-state index contributed by atoms with van der Waals surface area (Å²) in [6.07, 6.45) is 7.40. The van der Waals surface area contributed by atoms with Gasteiger partial charge in [-0.1, -0.05) is 30.1 Å². The predicted molar refractivity (Wildman–Crippen MR) is 99.5 cm³/mol. The van der Waals surface area contributed by atoms with Crippen molar-refractivity contribution < 1.29 is 12.9 Å². The van der Waals surface area contributed by atoms with Gasteiger partial charge < -0.3 is 10.3 Å². The minimum absolute atomic E-state index is 0.156. The summed E-state index contributed by atoms with van der Waals surface area (Å²) in [5.41, 5.74) is 6.67. The molecular weight excluding hydrogens is 352 g/mol. The fraction of sp³-hybridized carbons (Fsp3) is 0.444. The maximum atomic E-state index is 12.1. The zero-order valence-corrected chi connectivity index (χ0v) is 15.8. The van der Waals surface area contributed by atoms with Crippen LogP contribution in [0.25, 0.3) is 12.2 Å². The molecule has 3 rings (SSSR count). The molecule has 0 spiro atoms. The first-order chi connectivity index (χ1) is 12.3. The van der Waals surface area contributed by atoms with Gasteiger partial charge in [0, 0.05) is 12.1 Å². The molecule has 0 atom stereocenters. The van der Waals surface area contributed by atoms with Crippen LogP contribution in [0.5, 0.6) is 0 Å². The summed E-state index contributed by atoms with van der Waals surface area (Å²) >= 11 is 0. The molecule has 1 heterocycles. The molecule has 1 aliphatic carbocycles. The van der Waals surface area contributed by atoms with Crippen molar-refractivity contribution in [2.24, 2.45) is 5.73 Å². The monoisotopic (exact) mass is 376 g/mol. The van der Waals surface area contributed by atoms with Gasteiger partial charge in [0.1, 0.15) is 0 Å². The normalized spacial score (nSPS) is 17.4. The van der Waals surface area contributed by atoms with Crippen LogP contribution in [-0.2, 0) is 15.6 Å². The van der Waals surface area contributed by atoms with E-state index in [0.29, 0.717) is 11.7 Å². The van der Waals surface area contributed by atoms with Gasteiger partial charge in [-0.2, -0.15) is 4.98 Å². The largest absolute Gasteiger partial charge is 0.335 e. The quantitative estimate of drug-likeness (QED) is 0.802. The SMILES string of the molecule is CC(C)NS(=O)(=O)c1ccc(/C=C/c2nc(C3(N)CCCC3)no2)cc1. The van der Waals surface area contributed by atoms with E-state index >= 15 is 0 Å². The van der Waals surface area contributed by atoms with Gasteiger partial charge in [-0.25, -0.2) is 13.1 Å². The number of hydrogen-bond acceptors (Lipinski definition) is 6. The average Bonchev–Trinajstić information content (AvgIpc) is 3.22. The fourth-order valence-electron chi connectivity index (χ4n) is 3.04. The first-order valence-electron chi connectivity index (χ1n) is 8.72. The Balaban J connectivity index is 1.71. The van der Waals surface area contributed by atoms with Gasteiger partial charge in [-0.05, 0) is 50.5 Å². The highest BCUT2D eigenvalue weighted by Crippen LogP contribution is 2.34. The standard InChI is InChI=1S/C18H24N4O3S/c1-13(2)22-26(23,24)15-8-5-14(6-9-15)7-10-16-20-17(21-25-16)18(19)11-3-4-12-18/h5-10,13,22H,3-4,11-12,19H2,1-2H3/b10-7+. The zero-order valence-electron chi connectivity index (χ0n) is 15.0. The smallest absolute Gasteiger partial charge is 0.250 e. The average molecular weight is 376 g/mol. The molecule has 0 saturated heterocycles. The number of sulfonamides is 1. The molecular formula is C18H24N4O3S. The molecule has 0 bridgehead atoms. The Hall–Kier alpha value is -2.03. The summed E-state index contributed by atoms with van der Waals surface area (Å²) in [6.45, 7) is 3.56. The van der Waals surface area contributed by atoms with Crippen LogP contribution >= 0.6 is 0 Å². The van der Waals surface area contributed by atoms with Gasteiger partial charge in [-0.3, -0.25) is 0 Å². The molecule has 7 nitrogen and oxygen atoms in total. The number of rotatable bonds is 6. The third kappa shape index (κ3) is 4.20. The van der Waals surface area contributed by atoms with Gasteiger partial charge >= 0.3 is 0 Å². The Morgan fingerprint density at radius 3 is 2.46 bits per heavy atom. The zero-order chi connectivity index (χ0) is 18.8. The molecule has 8 heteroatoms. The van der Waals surface area contributed by atoms with E-state index in [1.807, 2.05) is 0 Å². The van der Waals surface area contributed by atoms with Crippen LogP contribution in [0, 0.1) is 0 Å². The van der Waals surface area contributed by atoms with Crippen molar-refractivity contribution in [2.75, 3.05) is 0 Å². The van der Waals surface area contributed by atoms with Crippen molar-refractivity contribution >= 4 is 22.2 Å². The number of hydrogen-bond donors (Lipinski definition) is 2. The van der Waals surface area contributed by atoms with Crippen LogP contribution in [0.4, 0.5) is 0 Å². The van der Waals surface area contributed by atoms with E-state index in [0.717, 1.165) is 31.2 Å². The van der Waals surface area contributed by atoms with Crippen LogP contribution in [0.2, 0.25) is 0 Å². The molecule has 1 aliphatic rings. The molecule has 3 N–H and O–H groups in total. The second-order valence-electron chi connectivity index (χ2n) is 7.00. The second kappa shape index (κ2) is 7.30. The number of nitrogens with zero attached hydrogens (tertiary/aromatic N) is 2. The first-order valence-corrected chi connectivity index (χ1v) is 10.2. The molecule has 1 aromatic heterocycles. The highest BCUT2D eigenvalue weighted by Gasteiger charge is 2.35. The Labute approximate surface area is 153 Å². The second-order valence-corrected chi connectivity index (χ2v) is 8.71. The van der Waals surface area contributed by atoms with E-state index in [-0.39, 0.29) is 10.9 Å². The van der Waals surface area contributed by atoms with Gasteiger partial charge in [0.15, 0.2) is 5.82 Å². The van der Waals surface area contributed by atoms with Gasteiger partial charge in [-0.15, -0.1) is 0 Å². The molecule has 0 amide bonds. The van der Waals surface area contributed by atoms with Crippen LogP contribution < -0.4 is 10.5 Å². The number of nitrogens with one attached hydrogen (secondary N) is 1. The number of aromatic nitrogens is 2. The van der Waals surface area contributed by atoms with E-state index in [1.165, 1.54) is 0 Å². The van der Waals surface area contributed by atoms with Crippen LogP contribution in [0.1, 0.15) is 56.8 Å². The third-order valence-corrected chi connectivity index (χ3v) is 6.06. The minimum Gasteiger partial charge on any atom is -0.335 e. The molecule has 2 aromatic rings. The lowest BCUT2D eigenvalue weighted by atomic mass is 9.99. The van der Waals surface area contributed by atoms with Crippen molar-refractivity contribution in [2.45, 2.75) is 56.0 Å². The lowest BCUT2D eigenvalue weighted by Gasteiger charge is -2.17. The van der Waals surface area contributed by atoms with Gasteiger partial charge in [0.05, 0.1) is 10.4 Å². The maximum Gasteiger partial charge on any atom is 0.250 e. The highest BCUT2D eigenvalue weighted by molar-refractivity contribution is 7.89. The van der Waals surface area contributed by atoms with Crippen molar-refractivity contribution in [3.8, 4) is 0 Å². The summed E-state index contributed by atoms with van der Waals surface area (Å²) < 4.78 is 32.0. The Kier molecular flexibility index (Phi) is 5.27. The molecule has 1 saturated carbocycles. The van der Waals surface area contributed by atoms with Gasteiger partial charge in [0.25, 0.3) is 5.89 Å². The van der Waals surface area contributed by atoms with Crippen molar-refractivity contribution in [3.05, 3.63) is 41.5 Å². The fourth-order valence-corrected chi connectivity index (χ4v) is 4.29. The topological polar surface area (TPSA) is 111 Å². The Morgan fingerprint density at radius 1 is 1.19 bits per heavy atom. The highest BCUT2D eigenvalue weighted by atomic mass is 32.2. The maximum absolute atomic E-state index is 12.1. The number of benzene rings is 1. The molecule has 0 radical (unpaired) electrons. The summed E-state index contributed by atoms with van der Waals surface area (Å²) in [7, 11) is -3.49. The predicted octanol–water partition coefficient (Wildman–Crippen LogP) is 2.65. The van der Waals surface area contributed by atoms with E-state index in [9.17, 15) is 8.42 Å². The molecule has 0 unspecified atom stereocenters. The minimum atomic E-state index is -3.49. The summed E-state index contributed by atoms with van der Waals surface area (Å²) in [4.78, 5) is 4.60. The lowest BCUT2D eigenvalue weighted by molar-refractivity contribution is 0.364. The summed E-state index contributed by atoms with van der Waals surface area (Å²) in [6, 6.07) is 6.43. The molecule has 0 aliphatic heterocycles. The molecule has 1 aromatic carbocycles. The van der Waals surface area contributed by atoms with Crippen LogP contribution in [0.15, 0.2) is 33.7 Å². The van der Waals surface area contributed by atoms with E-state index < -0.39 is 15.6 Å². The van der Waals surface area contributed by atoms with E-state index in [4.69, 9.17) is 10.3 Å². The van der Waals surface area contributed by atoms with Crippen LogP contribution in [-0.4, -0.2) is 24.6 Å². The summed E-state index contributed by atoms with van der Waals surface area (Å²) in [5.74, 6) is 0.936. The lowest BCUT2D eigenvalue weighted by Crippen LogP contribution is -2.34. The van der Waals surface area contributed by atoms with E-state index in [1.54, 1.807) is 50.3 Å². The first kappa shape index (κ1) is 18.8. The van der Waals surface area contributed by atoms with Crippen molar-refractivity contribution in [1.82, 2.24) is 14.9 Å². The van der Waals surface area contributed by atoms with Crippen molar-refractivity contribution in [3.63, 3.8) is 0 Å². The molecule has 140 valence electrons. The third-order valence-electron chi connectivity index (χ3n) is 4.38. The Morgan fingerprint density at radius 2 is 1.85 bits per heavy atom. The molecule has 26 heavy (non-hydrogen) atoms. The van der Waals surface area contributed by atoms with E-state index in [2.05, 4.69) is 14.9 Å². The molecule has 1 fully saturated rings. The summed E-state index contributed by atoms with van der Waals surface area (Å²) in [5, 5.41) is 4.01. The van der Waals surface area contributed by atoms with Crippen LogP contribution in [0.3, 0.4) is 0 Å². The van der Waals surface area contributed by atoms with Gasteiger partial charge in [0.2, 0.25) is 10.0 Å². The van der Waals surface area contributed by atoms with Crippen molar-refractivity contribution in [1.29, 1.82) is 0 Å². The Bertz CT molecular complexity index is 879.